The van der Waals surface area contributed by atoms with Crippen LogP contribution in [0.15, 0.2) is 103 Å². The molecule has 0 spiro atoms. The van der Waals surface area contributed by atoms with E-state index in [1.807, 2.05) is 77.4 Å². The molecule has 6 heteroatoms. The van der Waals surface area contributed by atoms with Gasteiger partial charge in [-0.15, -0.1) is 0 Å². The van der Waals surface area contributed by atoms with E-state index in [2.05, 4.69) is 5.32 Å². The molecule has 0 aliphatic heterocycles. The van der Waals surface area contributed by atoms with Crippen molar-refractivity contribution in [1.29, 1.82) is 0 Å². The number of fused-ring (bicyclic) bond motifs is 1. The minimum absolute atomic E-state index is 0.136. The Morgan fingerprint density at radius 3 is 2.33 bits per heavy atom. The molecule has 5 rings (SSSR count). The lowest BCUT2D eigenvalue weighted by Crippen LogP contribution is -2.25. The van der Waals surface area contributed by atoms with Crippen LogP contribution in [0.2, 0.25) is 0 Å². The molecule has 0 atom stereocenters. The van der Waals surface area contributed by atoms with Gasteiger partial charge in [0.15, 0.2) is 0 Å². The second-order valence-corrected chi connectivity index (χ2v) is 8.54. The van der Waals surface area contributed by atoms with Crippen LogP contribution >= 0.6 is 0 Å². The molecule has 0 unspecified atom stereocenters. The van der Waals surface area contributed by atoms with Gasteiger partial charge in [0.05, 0.1) is 11.0 Å². The quantitative estimate of drug-likeness (QED) is 0.292. The van der Waals surface area contributed by atoms with Crippen molar-refractivity contribution < 1.29 is 13.9 Å². The van der Waals surface area contributed by atoms with Gasteiger partial charge in [-0.25, -0.2) is 9.37 Å². The van der Waals surface area contributed by atoms with Crippen molar-refractivity contribution in [1.82, 2.24) is 14.9 Å². The zero-order valence-electron chi connectivity index (χ0n) is 19.7. The second kappa shape index (κ2) is 10.9. The molecular weight excluding hydrogens is 453 g/mol. The fourth-order valence-corrected chi connectivity index (χ4v) is 4.11. The monoisotopic (exact) mass is 479 g/mol. The van der Waals surface area contributed by atoms with Crippen LogP contribution in [-0.4, -0.2) is 22.0 Å². The SMILES string of the molecule is O=C(NCCc1ccccc1)c1ccc2c(c1)nc(COc1ccccc1)n2Cc1ccc(F)cc1. The number of ether oxygens (including phenoxy) is 1. The Morgan fingerprint density at radius 2 is 1.58 bits per heavy atom. The molecule has 4 aromatic carbocycles. The first kappa shape index (κ1) is 23.3. The van der Waals surface area contributed by atoms with Crippen LogP contribution in [0.1, 0.15) is 27.3 Å². The number of carbonyl (C=O) groups excluding carboxylic acids is 1. The molecule has 180 valence electrons. The van der Waals surface area contributed by atoms with Crippen LogP contribution in [0.4, 0.5) is 4.39 Å². The Hall–Kier alpha value is -4.45. The van der Waals surface area contributed by atoms with E-state index in [1.165, 1.54) is 17.7 Å². The lowest BCUT2D eigenvalue weighted by molar-refractivity contribution is 0.0954. The van der Waals surface area contributed by atoms with Gasteiger partial charge < -0.3 is 14.6 Å². The number of hydrogen-bond acceptors (Lipinski definition) is 3. The first-order chi connectivity index (χ1) is 17.7. The lowest BCUT2D eigenvalue weighted by atomic mass is 10.1. The molecule has 1 heterocycles. The first-order valence-corrected chi connectivity index (χ1v) is 11.9. The van der Waals surface area contributed by atoms with Crippen molar-refractivity contribution in [2.75, 3.05) is 6.54 Å². The average Bonchev–Trinajstić information content (AvgIpc) is 3.26. The minimum Gasteiger partial charge on any atom is -0.486 e. The number of rotatable bonds is 9. The van der Waals surface area contributed by atoms with E-state index in [0.717, 1.165) is 29.1 Å². The van der Waals surface area contributed by atoms with Crippen LogP contribution in [0.5, 0.6) is 5.75 Å². The number of nitrogens with one attached hydrogen (secondary N) is 1. The fraction of sp³-hybridized carbons (Fsp3) is 0.133. The number of halogens is 1. The Balaban J connectivity index is 1.37. The number of para-hydroxylation sites is 1. The molecule has 0 saturated carbocycles. The van der Waals surface area contributed by atoms with E-state index in [4.69, 9.17) is 9.72 Å². The van der Waals surface area contributed by atoms with Gasteiger partial charge in [-0.2, -0.15) is 0 Å². The summed E-state index contributed by atoms with van der Waals surface area (Å²) in [5.74, 6) is 1.06. The van der Waals surface area contributed by atoms with Gasteiger partial charge in [-0.05, 0) is 60.0 Å². The Bertz CT molecular complexity index is 1450. The van der Waals surface area contributed by atoms with Gasteiger partial charge in [-0.1, -0.05) is 60.7 Å². The zero-order chi connectivity index (χ0) is 24.7. The van der Waals surface area contributed by atoms with Crippen LogP contribution in [0.3, 0.4) is 0 Å². The number of hydrogen-bond donors (Lipinski definition) is 1. The Labute approximate surface area is 209 Å². The van der Waals surface area contributed by atoms with Gasteiger partial charge >= 0.3 is 0 Å². The maximum atomic E-state index is 13.4. The molecule has 36 heavy (non-hydrogen) atoms. The van der Waals surface area contributed by atoms with Crippen LogP contribution in [0, 0.1) is 5.82 Å². The minimum atomic E-state index is -0.273. The number of benzene rings is 4. The topological polar surface area (TPSA) is 56.1 Å². The van der Waals surface area contributed by atoms with Gasteiger partial charge in [0.25, 0.3) is 5.91 Å². The number of amides is 1. The van der Waals surface area contributed by atoms with E-state index in [0.29, 0.717) is 24.2 Å². The van der Waals surface area contributed by atoms with Crippen molar-refractivity contribution in [2.24, 2.45) is 0 Å². The molecule has 0 fully saturated rings. The smallest absolute Gasteiger partial charge is 0.251 e. The van der Waals surface area contributed by atoms with E-state index in [-0.39, 0.29) is 18.3 Å². The highest BCUT2D eigenvalue weighted by Crippen LogP contribution is 2.22. The van der Waals surface area contributed by atoms with E-state index < -0.39 is 0 Å². The van der Waals surface area contributed by atoms with Crippen LogP contribution < -0.4 is 10.1 Å². The summed E-state index contributed by atoms with van der Waals surface area (Å²) in [7, 11) is 0. The molecule has 0 saturated heterocycles. The Kier molecular flexibility index (Phi) is 7.03. The van der Waals surface area contributed by atoms with Crippen molar-refractivity contribution in [2.45, 2.75) is 19.6 Å². The highest BCUT2D eigenvalue weighted by molar-refractivity contribution is 5.97. The maximum absolute atomic E-state index is 13.4. The average molecular weight is 480 g/mol. The summed E-state index contributed by atoms with van der Waals surface area (Å²) in [6.07, 6.45) is 0.766. The number of aromatic nitrogens is 2. The van der Waals surface area contributed by atoms with Crippen molar-refractivity contribution in [3.05, 3.63) is 131 Å². The number of imidazole rings is 1. The predicted molar refractivity (Wildman–Crippen MR) is 138 cm³/mol. The van der Waals surface area contributed by atoms with Crippen molar-refractivity contribution in [3.8, 4) is 5.75 Å². The third kappa shape index (κ3) is 5.61. The Morgan fingerprint density at radius 1 is 0.861 bits per heavy atom. The second-order valence-electron chi connectivity index (χ2n) is 8.54. The summed E-state index contributed by atoms with van der Waals surface area (Å²) in [6, 6.07) is 31.6. The third-order valence-electron chi connectivity index (χ3n) is 6.00. The largest absolute Gasteiger partial charge is 0.486 e. The summed E-state index contributed by atoms with van der Waals surface area (Å²) in [5, 5.41) is 2.99. The highest BCUT2D eigenvalue weighted by atomic mass is 19.1. The molecule has 0 aliphatic carbocycles. The number of nitrogens with zero attached hydrogens (tertiary/aromatic N) is 2. The van der Waals surface area contributed by atoms with Gasteiger partial charge in [-0.3, -0.25) is 4.79 Å². The molecule has 5 nitrogen and oxygen atoms in total. The van der Waals surface area contributed by atoms with Crippen LogP contribution in [-0.2, 0) is 19.6 Å². The molecule has 1 N–H and O–H groups in total. The summed E-state index contributed by atoms with van der Waals surface area (Å²) >= 11 is 0. The van der Waals surface area contributed by atoms with Crippen molar-refractivity contribution >= 4 is 16.9 Å². The van der Waals surface area contributed by atoms with E-state index in [1.54, 1.807) is 18.2 Å². The molecule has 1 aromatic heterocycles. The maximum Gasteiger partial charge on any atom is 0.251 e. The predicted octanol–water partition coefficient (Wildman–Crippen LogP) is 5.78. The molecule has 5 aromatic rings. The van der Waals surface area contributed by atoms with E-state index in [9.17, 15) is 9.18 Å². The van der Waals surface area contributed by atoms with Gasteiger partial charge in [0.2, 0.25) is 0 Å². The summed E-state index contributed by atoms with van der Waals surface area (Å²) in [5.41, 5.74) is 4.26. The molecule has 0 radical (unpaired) electrons. The van der Waals surface area contributed by atoms with E-state index >= 15 is 0 Å². The fourth-order valence-electron chi connectivity index (χ4n) is 4.11. The molecular formula is C30H26FN3O2. The molecule has 0 bridgehead atoms. The summed E-state index contributed by atoms with van der Waals surface area (Å²) in [4.78, 5) is 17.6. The highest BCUT2D eigenvalue weighted by Gasteiger charge is 2.15. The van der Waals surface area contributed by atoms with Gasteiger partial charge in [0.1, 0.15) is 24.0 Å². The lowest BCUT2D eigenvalue weighted by Gasteiger charge is -2.11. The molecule has 0 aliphatic rings. The standard InChI is InChI=1S/C30H26FN3O2/c31-25-14-11-23(12-15-25)20-34-28-16-13-24(30(35)32-18-17-22-7-3-1-4-8-22)19-27(28)33-29(34)21-36-26-9-5-2-6-10-26/h1-16,19H,17-18,20-21H2,(H,32,35). The normalized spacial score (nSPS) is 10.9. The first-order valence-electron chi connectivity index (χ1n) is 11.9. The zero-order valence-corrected chi connectivity index (χ0v) is 19.7. The summed E-state index contributed by atoms with van der Waals surface area (Å²) in [6.45, 7) is 1.32. The third-order valence-corrected chi connectivity index (χ3v) is 6.00. The number of carbonyl (C=O) groups is 1. The van der Waals surface area contributed by atoms with Crippen molar-refractivity contribution in [3.63, 3.8) is 0 Å². The summed E-state index contributed by atoms with van der Waals surface area (Å²) < 4.78 is 21.4. The van der Waals surface area contributed by atoms with Gasteiger partial charge in [0, 0.05) is 18.7 Å². The van der Waals surface area contributed by atoms with Crippen LogP contribution in [0.25, 0.3) is 11.0 Å². The molecule has 1 amide bonds.